The van der Waals surface area contributed by atoms with Crippen LogP contribution in [0.4, 0.5) is 15.8 Å². The maximum absolute atomic E-state index is 15.1. The summed E-state index contributed by atoms with van der Waals surface area (Å²) in [6.07, 6.45) is 0.569. The van der Waals surface area contributed by atoms with Crippen LogP contribution in [0.15, 0.2) is 48.5 Å². The van der Waals surface area contributed by atoms with Crippen molar-refractivity contribution >= 4 is 34.9 Å². The molecule has 3 aromatic rings. The lowest BCUT2D eigenvalue weighted by Gasteiger charge is -2.29. The topological polar surface area (TPSA) is 78.9 Å². The van der Waals surface area contributed by atoms with Crippen LogP contribution in [0.1, 0.15) is 39.4 Å². The highest BCUT2D eigenvalue weighted by Crippen LogP contribution is 2.65. The Bertz CT molecular complexity index is 1440. The smallest absolute Gasteiger partial charge is 0.335 e. The van der Waals surface area contributed by atoms with E-state index in [-0.39, 0.29) is 23.2 Å². The summed E-state index contributed by atoms with van der Waals surface area (Å²) in [6, 6.07) is 14.0. The number of rotatable bonds is 4. The molecular formula is C28H24ClFN2O4. The van der Waals surface area contributed by atoms with Crippen LogP contribution in [-0.2, 0) is 14.9 Å². The van der Waals surface area contributed by atoms with Gasteiger partial charge < -0.3 is 20.1 Å². The maximum Gasteiger partial charge on any atom is 0.335 e. The van der Waals surface area contributed by atoms with E-state index in [1.54, 1.807) is 31.2 Å². The summed E-state index contributed by atoms with van der Waals surface area (Å²) in [7, 11) is 0. The first-order valence-corrected chi connectivity index (χ1v) is 12.3. The summed E-state index contributed by atoms with van der Waals surface area (Å²) in [5, 5.41) is 12.9. The predicted octanol–water partition coefficient (Wildman–Crippen LogP) is 5.37. The number of carboxylic acid groups (broad SMARTS) is 1. The number of hydrogen-bond acceptors (Lipinski definition) is 4. The predicted molar refractivity (Wildman–Crippen MR) is 136 cm³/mol. The Morgan fingerprint density at radius 2 is 1.94 bits per heavy atom. The number of nitrogens with zero attached hydrogens (tertiary/aromatic N) is 1. The normalized spacial score (nSPS) is 22.5. The summed E-state index contributed by atoms with van der Waals surface area (Å²) in [5.41, 5.74) is 4.22. The highest BCUT2D eigenvalue weighted by Gasteiger charge is 2.65. The Hall–Kier alpha value is -3.42. The molecular weight excluding hydrogens is 483 g/mol. The summed E-state index contributed by atoms with van der Waals surface area (Å²) in [5.74, 6) is -1.59. The lowest BCUT2D eigenvalue weighted by Crippen LogP contribution is -2.36. The van der Waals surface area contributed by atoms with Gasteiger partial charge in [0.1, 0.15) is 5.82 Å². The second kappa shape index (κ2) is 8.32. The van der Waals surface area contributed by atoms with E-state index in [1.807, 2.05) is 23.1 Å². The number of aryl methyl sites for hydroxylation is 1. The van der Waals surface area contributed by atoms with Gasteiger partial charge in [-0.2, -0.15) is 0 Å². The van der Waals surface area contributed by atoms with E-state index < -0.39 is 11.4 Å². The Labute approximate surface area is 212 Å². The number of benzene rings is 3. The molecule has 0 bridgehead atoms. The van der Waals surface area contributed by atoms with Gasteiger partial charge in [0.15, 0.2) is 0 Å². The molecule has 1 amide bonds. The minimum Gasteiger partial charge on any atom is -0.478 e. The third-order valence-corrected chi connectivity index (χ3v) is 8.02. The maximum atomic E-state index is 15.1. The fourth-order valence-electron chi connectivity index (χ4n) is 5.66. The van der Waals surface area contributed by atoms with Crippen molar-refractivity contribution in [3.8, 4) is 11.1 Å². The minimum atomic E-state index is -0.989. The molecule has 3 aliphatic rings. The molecule has 184 valence electrons. The quantitative estimate of drug-likeness (QED) is 0.497. The van der Waals surface area contributed by atoms with Gasteiger partial charge in [0.05, 0.1) is 34.9 Å². The Morgan fingerprint density at radius 1 is 1.17 bits per heavy atom. The van der Waals surface area contributed by atoms with Crippen LogP contribution in [0.25, 0.3) is 11.1 Å². The van der Waals surface area contributed by atoms with Gasteiger partial charge >= 0.3 is 5.97 Å². The fourth-order valence-corrected chi connectivity index (χ4v) is 5.93. The molecule has 0 aromatic heterocycles. The van der Waals surface area contributed by atoms with Crippen molar-refractivity contribution in [2.75, 3.05) is 36.5 Å². The summed E-state index contributed by atoms with van der Waals surface area (Å²) in [4.78, 5) is 26.8. The number of ether oxygens (including phenoxy) is 1. The average Bonchev–Trinajstić information content (AvgIpc) is 3.55. The van der Waals surface area contributed by atoms with Crippen molar-refractivity contribution in [1.82, 2.24) is 0 Å². The van der Waals surface area contributed by atoms with Gasteiger partial charge in [0.2, 0.25) is 5.91 Å². The molecule has 36 heavy (non-hydrogen) atoms. The van der Waals surface area contributed by atoms with Crippen LogP contribution < -0.4 is 10.2 Å². The average molecular weight is 507 g/mol. The molecule has 2 fully saturated rings. The highest BCUT2D eigenvalue weighted by molar-refractivity contribution is 6.34. The number of nitrogens with one attached hydrogen (secondary N) is 1. The molecule has 8 heteroatoms. The van der Waals surface area contributed by atoms with Crippen molar-refractivity contribution in [3.05, 3.63) is 81.6 Å². The molecule has 1 spiro atoms. The number of carbonyl (C=O) groups excluding carboxylic acids is 1. The molecule has 2 N–H and O–H groups in total. The molecule has 1 saturated heterocycles. The number of halogens is 2. The molecule has 2 atom stereocenters. The number of carbonyl (C=O) groups is 2. The zero-order valence-corrected chi connectivity index (χ0v) is 20.4. The number of carboxylic acids is 1. The third-order valence-electron chi connectivity index (χ3n) is 7.71. The number of fused-ring (bicyclic) bond motifs is 2. The summed E-state index contributed by atoms with van der Waals surface area (Å²) in [6.45, 7) is 4.16. The van der Waals surface area contributed by atoms with E-state index in [1.165, 1.54) is 6.07 Å². The first-order valence-electron chi connectivity index (χ1n) is 11.9. The minimum absolute atomic E-state index is 0.123. The molecule has 6 rings (SSSR count). The van der Waals surface area contributed by atoms with Gasteiger partial charge in [0, 0.05) is 30.3 Å². The van der Waals surface area contributed by atoms with E-state index in [4.69, 9.17) is 16.3 Å². The first kappa shape index (κ1) is 23.0. The molecule has 0 radical (unpaired) electrons. The van der Waals surface area contributed by atoms with Crippen LogP contribution in [-0.4, -0.2) is 43.3 Å². The van der Waals surface area contributed by atoms with Crippen LogP contribution in [0, 0.1) is 12.7 Å². The van der Waals surface area contributed by atoms with E-state index in [2.05, 4.69) is 5.32 Å². The van der Waals surface area contributed by atoms with Crippen LogP contribution in [0.3, 0.4) is 0 Å². The molecule has 1 saturated carbocycles. The Balaban J connectivity index is 1.37. The lowest BCUT2D eigenvalue weighted by atomic mass is 9.89. The molecule has 3 aromatic carbocycles. The third kappa shape index (κ3) is 3.49. The van der Waals surface area contributed by atoms with Gasteiger partial charge in [-0.3, -0.25) is 4.79 Å². The van der Waals surface area contributed by atoms with Crippen molar-refractivity contribution in [2.45, 2.75) is 24.7 Å². The lowest BCUT2D eigenvalue weighted by molar-refractivity contribution is -0.118. The van der Waals surface area contributed by atoms with E-state index >= 15 is 4.39 Å². The number of hydrogen-bond donors (Lipinski definition) is 2. The van der Waals surface area contributed by atoms with E-state index in [0.717, 1.165) is 11.1 Å². The molecule has 2 unspecified atom stereocenters. The van der Waals surface area contributed by atoms with Gasteiger partial charge in [-0.05, 0) is 65.9 Å². The second-order valence-corrected chi connectivity index (χ2v) is 10.1. The van der Waals surface area contributed by atoms with Crippen LogP contribution in [0.5, 0.6) is 0 Å². The van der Waals surface area contributed by atoms with Crippen LogP contribution >= 0.6 is 11.6 Å². The zero-order chi connectivity index (χ0) is 25.2. The van der Waals surface area contributed by atoms with E-state index in [0.29, 0.717) is 65.8 Å². The molecule has 2 aliphatic heterocycles. The fraction of sp³-hybridized carbons (Fsp3) is 0.286. The monoisotopic (exact) mass is 506 g/mol. The van der Waals surface area contributed by atoms with Crippen molar-refractivity contribution in [2.24, 2.45) is 0 Å². The number of aromatic carboxylic acids is 1. The van der Waals surface area contributed by atoms with Crippen molar-refractivity contribution in [1.29, 1.82) is 0 Å². The summed E-state index contributed by atoms with van der Waals surface area (Å²) < 4.78 is 20.5. The number of amides is 1. The Kier molecular flexibility index (Phi) is 5.32. The standard InChI is InChI=1S/C28H24ClFN2O4/c1-15-2-3-17(10-18(15)26(33)34)21-14-28(21)20-12-19(22(29)13-24(20)31-27(28)35)16-4-5-25(23(30)11-16)32-6-8-36-9-7-32/h2-5,10-13,21H,6-9,14H2,1H3,(H,31,35)(H,33,34). The van der Waals surface area contributed by atoms with Crippen molar-refractivity contribution in [3.63, 3.8) is 0 Å². The van der Waals surface area contributed by atoms with Gasteiger partial charge in [-0.25, -0.2) is 9.18 Å². The van der Waals surface area contributed by atoms with Gasteiger partial charge in [-0.1, -0.05) is 29.8 Å². The number of anilines is 2. The van der Waals surface area contributed by atoms with Crippen molar-refractivity contribution < 1.29 is 23.8 Å². The number of morpholine rings is 1. The molecule has 6 nitrogen and oxygen atoms in total. The second-order valence-electron chi connectivity index (χ2n) is 9.70. The molecule has 2 heterocycles. The SMILES string of the molecule is Cc1ccc(C2CC23C(=O)Nc2cc(Cl)c(-c4ccc(N5CCOCC5)c(F)c4)cc23)cc1C(=O)O. The summed E-state index contributed by atoms with van der Waals surface area (Å²) >= 11 is 6.60. The molecule has 1 aliphatic carbocycles. The van der Waals surface area contributed by atoms with Crippen LogP contribution in [0.2, 0.25) is 5.02 Å². The first-order chi connectivity index (χ1) is 17.3. The Morgan fingerprint density at radius 3 is 2.67 bits per heavy atom. The zero-order valence-electron chi connectivity index (χ0n) is 19.6. The highest BCUT2D eigenvalue weighted by atomic mass is 35.5. The van der Waals surface area contributed by atoms with Gasteiger partial charge in [0.25, 0.3) is 0 Å². The van der Waals surface area contributed by atoms with E-state index in [9.17, 15) is 14.7 Å². The largest absolute Gasteiger partial charge is 0.478 e. The van der Waals surface area contributed by atoms with Gasteiger partial charge in [-0.15, -0.1) is 0 Å².